The molecule has 2 atom stereocenters. The minimum atomic E-state index is 0.0725. The molecule has 0 N–H and O–H groups in total. The summed E-state index contributed by atoms with van der Waals surface area (Å²) in [4.78, 5) is 25.8. The lowest BCUT2D eigenvalue weighted by Gasteiger charge is -2.32. The maximum absolute atomic E-state index is 13.0. The third kappa shape index (κ3) is 2.07. The van der Waals surface area contributed by atoms with Crippen molar-refractivity contribution >= 4 is 5.91 Å². The Hall–Kier alpha value is -2.28. The Balaban J connectivity index is 1.53. The summed E-state index contributed by atoms with van der Waals surface area (Å²) >= 11 is 0. The first kappa shape index (κ1) is 14.1. The number of fused-ring (bicyclic) bond motifs is 3. The molecule has 24 heavy (non-hydrogen) atoms. The molecule has 7 nitrogen and oxygen atoms in total. The van der Waals surface area contributed by atoms with Crippen LogP contribution in [0.5, 0.6) is 0 Å². The maximum atomic E-state index is 13.0. The van der Waals surface area contributed by atoms with Gasteiger partial charge in [-0.2, -0.15) is 5.10 Å². The monoisotopic (exact) mass is 324 g/mol. The van der Waals surface area contributed by atoms with Crippen molar-refractivity contribution in [1.29, 1.82) is 0 Å². The summed E-state index contributed by atoms with van der Waals surface area (Å²) in [5.41, 5.74) is 2.97. The Morgan fingerprint density at radius 3 is 2.79 bits per heavy atom. The van der Waals surface area contributed by atoms with E-state index in [-0.39, 0.29) is 5.91 Å². The minimum absolute atomic E-state index is 0.0725. The van der Waals surface area contributed by atoms with Gasteiger partial charge >= 0.3 is 0 Å². The number of likely N-dealkylation sites (N-methyl/N-ethyl adjacent to an activating group) is 1. The van der Waals surface area contributed by atoms with Crippen LogP contribution >= 0.6 is 0 Å². The van der Waals surface area contributed by atoms with Gasteiger partial charge in [0.1, 0.15) is 0 Å². The predicted octanol–water partition coefficient (Wildman–Crippen LogP) is 0.709. The fourth-order valence-corrected chi connectivity index (χ4v) is 4.02. The second kappa shape index (κ2) is 5.11. The number of aromatic nitrogens is 4. The van der Waals surface area contributed by atoms with E-state index in [0.717, 1.165) is 38.2 Å². The van der Waals surface area contributed by atoms with E-state index in [1.54, 1.807) is 18.6 Å². The Kier molecular flexibility index (Phi) is 3.00. The van der Waals surface area contributed by atoms with Crippen molar-refractivity contribution in [1.82, 2.24) is 29.5 Å². The molecule has 1 amide bonds. The molecule has 0 radical (unpaired) electrons. The van der Waals surface area contributed by atoms with Crippen LogP contribution in [-0.2, 0) is 6.42 Å². The molecule has 0 bridgehead atoms. The van der Waals surface area contributed by atoms with Crippen LogP contribution in [0.3, 0.4) is 0 Å². The predicted molar refractivity (Wildman–Crippen MR) is 87.1 cm³/mol. The molecule has 7 heteroatoms. The Bertz CT molecular complexity index is 793. The summed E-state index contributed by atoms with van der Waals surface area (Å²) in [7, 11) is 2.09. The Morgan fingerprint density at radius 1 is 1.21 bits per heavy atom. The number of piperazine rings is 1. The van der Waals surface area contributed by atoms with Gasteiger partial charge in [0.15, 0.2) is 11.5 Å². The average molecular weight is 324 g/mol. The zero-order chi connectivity index (χ0) is 16.3. The first-order valence-corrected chi connectivity index (χ1v) is 8.58. The van der Waals surface area contributed by atoms with Crippen LogP contribution in [-0.4, -0.2) is 68.7 Å². The summed E-state index contributed by atoms with van der Waals surface area (Å²) in [6, 6.07) is 0. The van der Waals surface area contributed by atoms with E-state index in [1.807, 2.05) is 9.58 Å². The quantitative estimate of drug-likeness (QED) is 0.814. The van der Waals surface area contributed by atoms with E-state index in [1.165, 1.54) is 12.1 Å². The summed E-state index contributed by atoms with van der Waals surface area (Å²) in [5.74, 6) is 2.02. The van der Waals surface area contributed by atoms with Gasteiger partial charge in [-0.15, -0.1) is 0 Å². The van der Waals surface area contributed by atoms with Gasteiger partial charge in [-0.1, -0.05) is 0 Å². The standard InChI is InChI=1S/C17H20N6O/c1-21-4-6-22(7-5-21)17(24)15-13-9-11-8-12(11)16(13)23(20-15)14-10-18-2-3-19-14/h2-3,10-12H,4-9H2,1H3/t11-,12-/m1/s1. The molecule has 0 spiro atoms. The molecule has 2 fully saturated rings. The smallest absolute Gasteiger partial charge is 0.274 e. The summed E-state index contributed by atoms with van der Waals surface area (Å²) in [6.07, 6.45) is 7.23. The van der Waals surface area contributed by atoms with Crippen LogP contribution in [0.4, 0.5) is 0 Å². The van der Waals surface area contributed by atoms with Crippen LogP contribution < -0.4 is 0 Å². The van der Waals surface area contributed by atoms with E-state index in [4.69, 9.17) is 0 Å². The van der Waals surface area contributed by atoms with E-state index in [9.17, 15) is 4.79 Å². The number of nitrogens with zero attached hydrogens (tertiary/aromatic N) is 6. The highest BCUT2D eigenvalue weighted by atomic mass is 16.2. The first-order chi connectivity index (χ1) is 11.7. The van der Waals surface area contributed by atoms with E-state index in [0.29, 0.717) is 23.3 Å². The largest absolute Gasteiger partial charge is 0.335 e. The fourth-order valence-electron chi connectivity index (χ4n) is 4.02. The second-order valence-corrected chi connectivity index (χ2v) is 7.09. The van der Waals surface area contributed by atoms with Gasteiger partial charge < -0.3 is 9.80 Å². The number of hydrogen-bond donors (Lipinski definition) is 0. The highest BCUT2D eigenvalue weighted by Gasteiger charge is 2.50. The van der Waals surface area contributed by atoms with Gasteiger partial charge in [0, 0.05) is 50.1 Å². The third-order valence-electron chi connectivity index (χ3n) is 5.52. The van der Waals surface area contributed by atoms with Gasteiger partial charge in [-0.25, -0.2) is 9.67 Å². The van der Waals surface area contributed by atoms with Crippen LogP contribution in [0.2, 0.25) is 0 Å². The Labute approximate surface area is 140 Å². The number of carbonyl (C=O) groups excluding carboxylic acids is 1. The zero-order valence-electron chi connectivity index (χ0n) is 13.7. The fraction of sp³-hybridized carbons (Fsp3) is 0.529. The van der Waals surface area contributed by atoms with Crippen molar-refractivity contribution in [3.63, 3.8) is 0 Å². The van der Waals surface area contributed by atoms with E-state index < -0.39 is 0 Å². The van der Waals surface area contributed by atoms with Crippen molar-refractivity contribution in [3.8, 4) is 5.82 Å². The molecule has 3 heterocycles. The van der Waals surface area contributed by atoms with Gasteiger partial charge in [0.05, 0.1) is 11.9 Å². The molecule has 1 saturated carbocycles. The van der Waals surface area contributed by atoms with Crippen molar-refractivity contribution < 1.29 is 4.79 Å². The highest BCUT2D eigenvalue weighted by Crippen LogP contribution is 2.57. The Morgan fingerprint density at radius 2 is 2.04 bits per heavy atom. The highest BCUT2D eigenvalue weighted by molar-refractivity contribution is 5.94. The minimum Gasteiger partial charge on any atom is -0.335 e. The molecule has 2 aliphatic carbocycles. The van der Waals surface area contributed by atoms with Crippen molar-refractivity contribution in [2.24, 2.45) is 5.92 Å². The van der Waals surface area contributed by atoms with Gasteiger partial charge in [0.2, 0.25) is 0 Å². The lowest BCUT2D eigenvalue weighted by molar-refractivity contribution is 0.0656. The van der Waals surface area contributed by atoms with Crippen molar-refractivity contribution in [2.45, 2.75) is 18.8 Å². The number of hydrogen-bond acceptors (Lipinski definition) is 5. The summed E-state index contributed by atoms with van der Waals surface area (Å²) in [6.45, 7) is 3.39. The average Bonchev–Trinajstić information content (AvgIpc) is 3.12. The normalized spacial score (nSPS) is 25.5. The van der Waals surface area contributed by atoms with E-state index in [2.05, 4.69) is 27.0 Å². The molecule has 2 aromatic heterocycles. The van der Waals surface area contributed by atoms with Crippen LogP contribution in [0.25, 0.3) is 5.82 Å². The molecule has 1 aliphatic heterocycles. The summed E-state index contributed by atoms with van der Waals surface area (Å²) < 4.78 is 1.86. The molecule has 124 valence electrons. The molecule has 5 rings (SSSR count). The summed E-state index contributed by atoms with van der Waals surface area (Å²) in [5, 5.41) is 4.68. The number of amides is 1. The molecule has 2 aromatic rings. The van der Waals surface area contributed by atoms with Gasteiger partial charge in [-0.05, 0) is 25.8 Å². The van der Waals surface area contributed by atoms with Crippen LogP contribution in [0.1, 0.15) is 34.1 Å². The van der Waals surface area contributed by atoms with Crippen molar-refractivity contribution in [3.05, 3.63) is 35.5 Å². The lowest BCUT2D eigenvalue weighted by Crippen LogP contribution is -2.47. The first-order valence-electron chi connectivity index (χ1n) is 8.58. The molecule has 0 unspecified atom stereocenters. The zero-order valence-corrected chi connectivity index (χ0v) is 13.7. The number of carbonyl (C=O) groups is 1. The molecule has 3 aliphatic rings. The van der Waals surface area contributed by atoms with Gasteiger partial charge in [-0.3, -0.25) is 9.78 Å². The molecular weight excluding hydrogens is 304 g/mol. The lowest BCUT2D eigenvalue weighted by atomic mass is 10.1. The second-order valence-electron chi connectivity index (χ2n) is 7.09. The maximum Gasteiger partial charge on any atom is 0.274 e. The van der Waals surface area contributed by atoms with Gasteiger partial charge in [0.25, 0.3) is 5.91 Å². The van der Waals surface area contributed by atoms with Crippen LogP contribution in [0.15, 0.2) is 18.6 Å². The number of rotatable bonds is 2. The van der Waals surface area contributed by atoms with Crippen molar-refractivity contribution in [2.75, 3.05) is 33.2 Å². The third-order valence-corrected chi connectivity index (χ3v) is 5.52. The molecular formula is C17H20N6O. The molecule has 0 aromatic carbocycles. The SMILES string of the molecule is CN1CCN(C(=O)c2nn(-c3cnccn3)c3c2C[C@H]2C[C@@H]32)CC1. The topological polar surface area (TPSA) is 67.2 Å². The van der Waals surface area contributed by atoms with E-state index >= 15 is 0 Å². The molecule has 1 saturated heterocycles. The van der Waals surface area contributed by atoms with Crippen LogP contribution in [0, 0.1) is 5.92 Å².